The summed E-state index contributed by atoms with van der Waals surface area (Å²) in [4.78, 5) is 3.97. The van der Waals surface area contributed by atoms with Crippen LogP contribution in [-0.2, 0) is 0 Å². The Labute approximate surface area is 78.4 Å². The topological polar surface area (TPSA) is 42.4 Å². The second-order valence-electron chi connectivity index (χ2n) is 3.32. The molecule has 1 rings (SSSR count). The van der Waals surface area contributed by atoms with Gasteiger partial charge < -0.3 is 9.84 Å². The quantitative estimate of drug-likeness (QED) is 0.772. The Hall–Kier alpha value is -1.09. The van der Waals surface area contributed by atoms with Crippen LogP contribution in [0.2, 0.25) is 0 Å². The number of aliphatic hydroxyl groups excluding tert-OH is 1. The first kappa shape index (κ1) is 9.99. The molecule has 0 aliphatic rings. The smallest absolute Gasteiger partial charge is 0.213 e. The summed E-state index contributed by atoms with van der Waals surface area (Å²) in [6.07, 6.45) is 1.19. The van der Waals surface area contributed by atoms with Crippen LogP contribution in [0.15, 0.2) is 18.3 Å². The maximum absolute atomic E-state index is 9.73. The van der Waals surface area contributed by atoms with Gasteiger partial charge in [-0.25, -0.2) is 4.98 Å². The van der Waals surface area contributed by atoms with Gasteiger partial charge in [-0.05, 0) is 17.5 Å². The van der Waals surface area contributed by atoms with E-state index in [1.165, 1.54) is 0 Å². The van der Waals surface area contributed by atoms with E-state index in [4.69, 9.17) is 4.74 Å². The molecule has 3 heteroatoms. The Balaban J connectivity index is 2.88. The number of rotatable bonds is 3. The zero-order chi connectivity index (χ0) is 9.84. The van der Waals surface area contributed by atoms with Gasteiger partial charge in [0.2, 0.25) is 5.88 Å². The second-order valence-corrected chi connectivity index (χ2v) is 3.32. The van der Waals surface area contributed by atoms with E-state index in [0.717, 1.165) is 5.56 Å². The van der Waals surface area contributed by atoms with Crippen LogP contribution >= 0.6 is 0 Å². The summed E-state index contributed by atoms with van der Waals surface area (Å²) in [6, 6.07) is 3.55. The van der Waals surface area contributed by atoms with E-state index in [1.54, 1.807) is 25.4 Å². The van der Waals surface area contributed by atoms with Crippen molar-refractivity contribution in [3.05, 3.63) is 23.9 Å². The lowest BCUT2D eigenvalue weighted by atomic mass is 10.0. The average molecular weight is 181 g/mol. The van der Waals surface area contributed by atoms with Crippen LogP contribution in [-0.4, -0.2) is 17.2 Å². The third-order valence-electron chi connectivity index (χ3n) is 1.94. The fraction of sp³-hybridized carbons (Fsp3) is 0.500. The predicted octanol–water partition coefficient (Wildman–Crippen LogP) is 1.78. The lowest BCUT2D eigenvalue weighted by Gasteiger charge is -2.14. The molecule has 0 fully saturated rings. The van der Waals surface area contributed by atoms with Crippen LogP contribution in [0.4, 0.5) is 0 Å². The normalized spacial score (nSPS) is 13.0. The zero-order valence-electron chi connectivity index (χ0n) is 8.19. The molecular formula is C10H15NO2. The monoisotopic (exact) mass is 181 g/mol. The van der Waals surface area contributed by atoms with Crippen LogP contribution in [0.3, 0.4) is 0 Å². The second kappa shape index (κ2) is 4.23. The van der Waals surface area contributed by atoms with Gasteiger partial charge in [-0.15, -0.1) is 0 Å². The fourth-order valence-corrected chi connectivity index (χ4v) is 1.11. The molecule has 1 N–H and O–H groups in total. The first-order valence-corrected chi connectivity index (χ1v) is 4.33. The number of hydrogen-bond donors (Lipinski definition) is 1. The van der Waals surface area contributed by atoms with Gasteiger partial charge in [-0.2, -0.15) is 0 Å². The van der Waals surface area contributed by atoms with Crippen molar-refractivity contribution >= 4 is 0 Å². The molecule has 1 aromatic rings. The molecule has 0 saturated heterocycles. The average Bonchev–Trinajstić information content (AvgIpc) is 2.16. The Bertz CT molecular complexity index is 273. The third kappa shape index (κ3) is 2.42. The Morgan fingerprint density at radius 3 is 2.69 bits per heavy atom. The van der Waals surface area contributed by atoms with Gasteiger partial charge in [0.15, 0.2) is 0 Å². The molecule has 0 aliphatic carbocycles. The number of pyridine rings is 1. The molecule has 0 aliphatic heterocycles. The van der Waals surface area contributed by atoms with Crippen LogP contribution in [0.5, 0.6) is 5.88 Å². The first-order valence-electron chi connectivity index (χ1n) is 4.33. The molecule has 0 saturated carbocycles. The Morgan fingerprint density at radius 1 is 1.46 bits per heavy atom. The SMILES string of the molecule is COc1cc(C(O)C(C)C)ccn1. The summed E-state index contributed by atoms with van der Waals surface area (Å²) in [7, 11) is 1.56. The van der Waals surface area contributed by atoms with Crippen LogP contribution in [0, 0.1) is 5.92 Å². The molecule has 0 amide bonds. The third-order valence-corrected chi connectivity index (χ3v) is 1.94. The number of aromatic nitrogens is 1. The highest BCUT2D eigenvalue weighted by atomic mass is 16.5. The summed E-state index contributed by atoms with van der Waals surface area (Å²) >= 11 is 0. The van der Waals surface area contributed by atoms with Crippen LogP contribution < -0.4 is 4.74 Å². The lowest BCUT2D eigenvalue weighted by Crippen LogP contribution is -2.05. The van der Waals surface area contributed by atoms with Crippen molar-refractivity contribution < 1.29 is 9.84 Å². The highest BCUT2D eigenvalue weighted by Gasteiger charge is 2.12. The minimum atomic E-state index is -0.447. The molecule has 13 heavy (non-hydrogen) atoms. The van der Waals surface area contributed by atoms with Crippen molar-refractivity contribution in [3.63, 3.8) is 0 Å². The van der Waals surface area contributed by atoms with Crippen molar-refractivity contribution in [2.75, 3.05) is 7.11 Å². The van der Waals surface area contributed by atoms with Gasteiger partial charge in [0.25, 0.3) is 0 Å². The summed E-state index contributed by atoms with van der Waals surface area (Å²) < 4.78 is 4.96. The zero-order valence-corrected chi connectivity index (χ0v) is 8.19. The van der Waals surface area contributed by atoms with Crippen molar-refractivity contribution in [1.82, 2.24) is 4.98 Å². The van der Waals surface area contributed by atoms with Crippen molar-refractivity contribution in [1.29, 1.82) is 0 Å². The Morgan fingerprint density at radius 2 is 2.15 bits per heavy atom. The number of ether oxygens (including phenoxy) is 1. The van der Waals surface area contributed by atoms with E-state index in [-0.39, 0.29) is 5.92 Å². The number of hydrogen-bond acceptors (Lipinski definition) is 3. The molecule has 1 atom stereocenters. The Kier molecular flexibility index (Phi) is 3.25. The van der Waals surface area contributed by atoms with Crippen LogP contribution in [0.1, 0.15) is 25.5 Å². The molecule has 1 unspecified atom stereocenters. The molecule has 0 spiro atoms. The van der Waals surface area contributed by atoms with E-state index >= 15 is 0 Å². The van der Waals surface area contributed by atoms with E-state index in [9.17, 15) is 5.11 Å². The summed E-state index contributed by atoms with van der Waals surface area (Å²) in [6.45, 7) is 3.94. The van der Waals surface area contributed by atoms with Crippen LogP contribution in [0.25, 0.3) is 0 Å². The number of methoxy groups -OCH3 is 1. The fourth-order valence-electron chi connectivity index (χ4n) is 1.11. The van der Waals surface area contributed by atoms with Gasteiger partial charge in [-0.3, -0.25) is 0 Å². The standard InChI is InChI=1S/C10H15NO2/c1-7(2)10(12)8-4-5-11-9(6-8)13-3/h4-7,10,12H,1-3H3. The first-order chi connectivity index (χ1) is 6.15. The maximum Gasteiger partial charge on any atom is 0.213 e. The van der Waals surface area contributed by atoms with Gasteiger partial charge in [-0.1, -0.05) is 13.8 Å². The molecule has 0 aromatic carbocycles. The lowest BCUT2D eigenvalue weighted by molar-refractivity contribution is 0.126. The van der Waals surface area contributed by atoms with Crippen molar-refractivity contribution in [2.45, 2.75) is 20.0 Å². The van der Waals surface area contributed by atoms with E-state index in [0.29, 0.717) is 5.88 Å². The predicted molar refractivity (Wildman–Crippen MR) is 50.6 cm³/mol. The summed E-state index contributed by atoms with van der Waals surface area (Å²) in [5.74, 6) is 0.740. The van der Waals surface area contributed by atoms with E-state index in [1.807, 2.05) is 13.8 Å². The molecule has 3 nitrogen and oxygen atoms in total. The van der Waals surface area contributed by atoms with Crippen molar-refractivity contribution in [2.24, 2.45) is 5.92 Å². The highest BCUT2D eigenvalue weighted by molar-refractivity contribution is 5.22. The molecule has 1 heterocycles. The van der Waals surface area contributed by atoms with Gasteiger partial charge in [0, 0.05) is 12.3 Å². The molecule has 0 bridgehead atoms. The summed E-state index contributed by atoms with van der Waals surface area (Å²) in [5, 5.41) is 9.73. The number of aliphatic hydroxyl groups is 1. The number of nitrogens with zero attached hydrogens (tertiary/aromatic N) is 1. The molecule has 1 aromatic heterocycles. The molecular weight excluding hydrogens is 166 g/mol. The largest absolute Gasteiger partial charge is 0.481 e. The minimum absolute atomic E-state index is 0.201. The highest BCUT2D eigenvalue weighted by Crippen LogP contribution is 2.22. The molecule has 0 radical (unpaired) electrons. The van der Waals surface area contributed by atoms with E-state index < -0.39 is 6.10 Å². The molecule has 72 valence electrons. The van der Waals surface area contributed by atoms with Gasteiger partial charge >= 0.3 is 0 Å². The van der Waals surface area contributed by atoms with Gasteiger partial charge in [0.05, 0.1) is 13.2 Å². The van der Waals surface area contributed by atoms with Crippen molar-refractivity contribution in [3.8, 4) is 5.88 Å². The van der Waals surface area contributed by atoms with Gasteiger partial charge in [0.1, 0.15) is 0 Å². The summed E-state index contributed by atoms with van der Waals surface area (Å²) in [5.41, 5.74) is 0.849. The van der Waals surface area contributed by atoms with E-state index in [2.05, 4.69) is 4.98 Å². The maximum atomic E-state index is 9.73. The minimum Gasteiger partial charge on any atom is -0.481 e.